The Hall–Kier alpha value is -3.67. The van der Waals surface area contributed by atoms with Gasteiger partial charge in [0.25, 0.3) is 5.91 Å². The molecule has 0 bridgehead atoms. The van der Waals surface area contributed by atoms with E-state index in [0.29, 0.717) is 37.7 Å². The molecule has 254 valence electrons. The number of carbonyl (C=O) groups excluding carboxylic acids is 3. The highest BCUT2D eigenvalue weighted by molar-refractivity contribution is 7.91. The normalized spacial score (nSPS) is 30.7. The van der Waals surface area contributed by atoms with E-state index in [9.17, 15) is 22.8 Å². The van der Waals surface area contributed by atoms with Crippen LogP contribution in [0.4, 0.5) is 0 Å². The number of aromatic nitrogens is 1. The van der Waals surface area contributed by atoms with Crippen LogP contribution in [-0.4, -0.2) is 72.1 Å². The van der Waals surface area contributed by atoms with Crippen molar-refractivity contribution in [1.29, 1.82) is 0 Å². The highest BCUT2D eigenvalue weighted by Crippen LogP contribution is 2.46. The van der Waals surface area contributed by atoms with Crippen LogP contribution in [0.25, 0.3) is 10.8 Å². The van der Waals surface area contributed by atoms with Gasteiger partial charge in [-0.15, -0.1) is 0 Å². The summed E-state index contributed by atoms with van der Waals surface area (Å²) in [5.74, 6) is -0.0238. The monoisotopic (exact) mass is 666 g/mol. The first-order valence-electron chi connectivity index (χ1n) is 17.0. The lowest BCUT2D eigenvalue weighted by atomic mass is 9.91. The average molecular weight is 667 g/mol. The molecule has 2 saturated carbocycles. The molecule has 12 heteroatoms. The van der Waals surface area contributed by atoms with Gasteiger partial charge in [-0.05, 0) is 86.4 Å². The van der Waals surface area contributed by atoms with Crippen molar-refractivity contribution < 1.29 is 32.3 Å². The molecule has 2 aliphatic heterocycles. The molecule has 2 aromatic rings. The summed E-state index contributed by atoms with van der Waals surface area (Å²) in [6.07, 6.45) is 10.4. The third-order valence-corrected chi connectivity index (χ3v) is 11.6. The Labute approximate surface area is 276 Å². The second-order valence-corrected chi connectivity index (χ2v) is 15.9. The standard InChI is InChI=1S/C35H46N4O7S/c1-4-15-45-26-9-12-29-24(18-26)13-14-36-33(29)46-27-19-30-32(41)37-35(34(42)38-47(43,44)28-10-11-28)20-25(35)8-6-5-7-22(2)16-23(3)17-31(40)39(30)21-27/h6,8-9,12-14,18,22-23,25,27-28,30H,4-5,7,10-11,15-17,19-21H2,1-3H3,(H,37,41)(H,38,42)/b8-6-/t22-,23+,25+,27+,30-,35+/m0/s1. The second kappa shape index (κ2) is 13.4. The molecular formula is C35H46N4O7S. The number of nitrogens with one attached hydrogen (secondary N) is 2. The highest BCUT2D eigenvalue weighted by atomic mass is 32.2. The van der Waals surface area contributed by atoms with Crippen molar-refractivity contribution in [3.63, 3.8) is 0 Å². The molecular weight excluding hydrogens is 620 g/mol. The first kappa shape index (κ1) is 33.2. The zero-order chi connectivity index (χ0) is 33.3. The third kappa shape index (κ3) is 7.42. The van der Waals surface area contributed by atoms with Gasteiger partial charge >= 0.3 is 0 Å². The Morgan fingerprint density at radius 2 is 1.94 bits per heavy atom. The van der Waals surface area contributed by atoms with Crippen molar-refractivity contribution in [2.75, 3.05) is 13.2 Å². The maximum absolute atomic E-state index is 14.1. The fraction of sp³-hybridized carbons (Fsp3) is 0.600. The van der Waals surface area contributed by atoms with Crippen molar-refractivity contribution >= 4 is 38.5 Å². The molecule has 0 radical (unpaired) electrons. The predicted molar refractivity (Wildman–Crippen MR) is 177 cm³/mol. The predicted octanol–water partition coefficient (Wildman–Crippen LogP) is 4.26. The van der Waals surface area contributed by atoms with Crippen LogP contribution in [0.5, 0.6) is 11.6 Å². The molecule has 2 aliphatic carbocycles. The van der Waals surface area contributed by atoms with Gasteiger partial charge in [0, 0.05) is 30.3 Å². The van der Waals surface area contributed by atoms with Crippen LogP contribution in [0.15, 0.2) is 42.6 Å². The lowest BCUT2D eigenvalue weighted by molar-refractivity contribution is -0.140. The summed E-state index contributed by atoms with van der Waals surface area (Å²) in [6, 6.07) is 6.70. The minimum absolute atomic E-state index is 0.122. The highest BCUT2D eigenvalue weighted by Gasteiger charge is 2.62. The van der Waals surface area contributed by atoms with Crippen LogP contribution < -0.4 is 19.5 Å². The molecule has 4 aliphatic rings. The van der Waals surface area contributed by atoms with Crippen molar-refractivity contribution in [1.82, 2.24) is 19.9 Å². The fourth-order valence-corrected chi connectivity index (χ4v) is 8.37. The summed E-state index contributed by atoms with van der Waals surface area (Å²) in [6.45, 7) is 7.09. The van der Waals surface area contributed by atoms with E-state index in [-0.39, 0.29) is 37.1 Å². The maximum Gasteiger partial charge on any atom is 0.259 e. The van der Waals surface area contributed by atoms with Gasteiger partial charge in [0.05, 0.1) is 18.4 Å². The Bertz CT molecular complexity index is 1660. The smallest absolute Gasteiger partial charge is 0.259 e. The topological polar surface area (TPSA) is 144 Å². The molecule has 0 unspecified atom stereocenters. The van der Waals surface area contributed by atoms with Crippen molar-refractivity contribution in [2.45, 2.75) is 101 Å². The van der Waals surface area contributed by atoms with E-state index in [0.717, 1.165) is 42.2 Å². The minimum atomic E-state index is -3.81. The molecule has 3 heterocycles. The van der Waals surface area contributed by atoms with Gasteiger partial charge in [-0.2, -0.15) is 0 Å². The number of allylic oxidation sites excluding steroid dienone is 1. The zero-order valence-corrected chi connectivity index (χ0v) is 28.3. The number of carbonyl (C=O) groups is 3. The fourth-order valence-electron chi connectivity index (χ4n) is 7.01. The summed E-state index contributed by atoms with van der Waals surface area (Å²) in [5, 5.41) is 4.04. The third-order valence-electron chi connectivity index (χ3n) is 9.82. The number of nitrogens with zero attached hydrogens (tertiary/aromatic N) is 2. The molecule has 0 spiro atoms. The van der Waals surface area contributed by atoms with E-state index in [1.807, 2.05) is 43.3 Å². The number of pyridine rings is 1. The number of sulfonamides is 1. The SMILES string of the molecule is CCCOc1ccc2c(O[C@@H]3C[C@H]4C(=O)N[C@]5(C(=O)NS(=O)(=O)C6CC6)C[C@H]5/C=C\CC[C@H](C)C[C@@H](C)CC(=O)N4C3)nccc2c1. The van der Waals surface area contributed by atoms with Crippen LogP contribution in [0, 0.1) is 17.8 Å². The van der Waals surface area contributed by atoms with Gasteiger partial charge in [-0.25, -0.2) is 13.4 Å². The molecule has 1 aromatic heterocycles. The van der Waals surface area contributed by atoms with E-state index in [4.69, 9.17) is 9.47 Å². The number of rotatable bonds is 8. The van der Waals surface area contributed by atoms with Crippen molar-refractivity contribution in [3.8, 4) is 11.6 Å². The number of ether oxygens (including phenoxy) is 2. The van der Waals surface area contributed by atoms with Crippen LogP contribution in [0.2, 0.25) is 0 Å². The summed E-state index contributed by atoms with van der Waals surface area (Å²) in [7, 11) is -3.81. The first-order valence-corrected chi connectivity index (χ1v) is 18.6. The number of benzene rings is 1. The Morgan fingerprint density at radius 1 is 1.13 bits per heavy atom. The van der Waals surface area contributed by atoms with Crippen LogP contribution >= 0.6 is 0 Å². The van der Waals surface area contributed by atoms with Gasteiger partial charge in [0.2, 0.25) is 27.7 Å². The molecule has 2 N–H and O–H groups in total. The van der Waals surface area contributed by atoms with Crippen molar-refractivity contribution in [2.24, 2.45) is 17.8 Å². The van der Waals surface area contributed by atoms with Gasteiger partial charge in [0.1, 0.15) is 23.4 Å². The lowest BCUT2D eigenvalue weighted by Crippen LogP contribution is -2.56. The van der Waals surface area contributed by atoms with Crippen LogP contribution in [0.3, 0.4) is 0 Å². The summed E-state index contributed by atoms with van der Waals surface area (Å²) in [4.78, 5) is 47.5. The molecule has 1 aromatic carbocycles. The van der Waals surface area contributed by atoms with Gasteiger partial charge in [0.15, 0.2) is 0 Å². The zero-order valence-electron chi connectivity index (χ0n) is 27.4. The Morgan fingerprint density at radius 3 is 2.70 bits per heavy atom. The van der Waals surface area contributed by atoms with Crippen LogP contribution in [-0.2, 0) is 24.4 Å². The Kier molecular flexibility index (Phi) is 9.51. The summed E-state index contributed by atoms with van der Waals surface area (Å²) < 4.78 is 39.9. The Balaban J connectivity index is 1.26. The second-order valence-electron chi connectivity index (χ2n) is 14.0. The van der Waals surface area contributed by atoms with Gasteiger partial charge < -0.3 is 19.7 Å². The molecule has 3 amide bonds. The van der Waals surface area contributed by atoms with E-state index < -0.39 is 44.8 Å². The molecule has 6 rings (SSSR count). The van der Waals surface area contributed by atoms with Gasteiger partial charge in [-0.3, -0.25) is 19.1 Å². The number of hydrogen-bond acceptors (Lipinski definition) is 8. The van der Waals surface area contributed by atoms with E-state index >= 15 is 0 Å². The van der Waals surface area contributed by atoms with E-state index in [1.165, 1.54) is 0 Å². The summed E-state index contributed by atoms with van der Waals surface area (Å²) in [5.41, 5.74) is -1.39. The lowest BCUT2D eigenvalue weighted by Gasteiger charge is -2.27. The summed E-state index contributed by atoms with van der Waals surface area (Å²) >= 11 is 0. The van der Waals surface area contributed by atoms with E-state index in [2.05, 4.69) is 28.9 Å². The van der Waals surface area contributed by atoms with E-state index in [1.54, 1.807) is 11.1 Å². The molecule has 6 atom stereocenters. The molecule has 3 fully saturated rings. The van der Waals surface area contributed by atoms with Crippen LogP contribution in [0.1, 0.15) is 78.6 Å². The first-order chi connectivity index (χ1) is 22.5. The minimum Gasteiger partial charge on any atom is -0.494 e. The van der Waals surface area contributed by atoms with Gasteiger partial charge in [-0.1, -0.05) is 32.9 Å². The largest absolute Gasteiger partial charge is 0.494 e. The van der Waals surface area contributed by atoms with Crippen molar-refractivity contribution in [3.05, 3.63) is 42.6 Å². The molecule has 47 heavy (non-hydrogen) atoms. The number of fused-ring (bicyclic) bond motifs is 3. The average Bonchev–Trinajstić information content (AvgIpc) is 3.95. The quantitative estimate of drug-likeness (QED) is 0.398. The number of hydrogen-bond donors (Lipinski definition) is 2. The molecule has 1 saturated heterocycles. The molecule has 11 nitrogen and oxygen atoms in total. The number of amides is 3. The maximum atomic E-state index is 14.1.